The highest BCUT2D eigenvalue weighted by Gasteiger charge is 1.97. The van der Waals surface area contributed by atoms with E-state index in [4.69, 9.17) is 0 Å². The molecule has 2 heterocycles. The molecule has 3 heteroatoms. The van der Waals surface area contributed by atoms with Crippen LogP contribution in [0.25, 0.3) is 5.65 Å². The first-order valence-electron chi connectivity index (χ1n) is 3.47. The number of nitrogens with zero attached hydrogens (tertiary/aromatic N) is 3. The number of fused-ring (bicyclic) bond motifs is 1. The summed E-state index contributed by atoms with van der Waals surface area (Å²) >= 11 is 0. The SMILES string of the molecule is Cc1c[c]n2nc(C)cc2n1. The van der Waals surface area contributed by atoms with Crippen molar-refractivity contribution in [2.45, 2.75) is 13.8 Å². The van der Waals surface area contributed by atoms with Gasteiger partial charge < -0.3 is 0 Å². The van der Waals surface area contributed by atoms with Gasteiger partial charge in [0.05, 0.1) is 11.9 Å². The molecule has 0 aromatic carbocycles. The minimum atomic E-state index is 0.863. The van der Waals surface area contributed by atoms with Crippen LogP contribution in [0.3, 0.4) is 0 Å². The fourth-order valence-electron chi connectivity index (χ4n) is 1.03. The summed E-state index contributed by atoms with van der Waals surface area (Å²) in [7, 11) is 0. The molecule has 55 valence electrons. The van der Waals surface area contributed by atoms with E-state index in [1.807, 2.05) is 26.0 Å². The van der Waals surface area contributed by atoms with Crippen molar-refractivity contribution in [2.24, 2.45) is 0 Å². The topological polar surface area (TPSA) is 30.2 Å². The summed E-state index contributed by atoms with van der Waals surface area (Å²) in [5.41, 5.74) is 2.80. The largest absolute Gasteiger partial charge is 0.234 e. The fraction of sp³-hybridized carbons (Fsp3) is 0.250. The second kappa shape index (κ2) is 2.05. The Morgan fingerprint density at radius 3 is 3.00 bits per heavy atom. The number of hydrogen-bond donors (Lipinski definition) is 0. The number of hydrogen-bond acceptors (Lipinski definition) is 2. The molecule has 0 bridgehead atoms. The van der Waals surface area contributed by atoms with E-state index in [0.29, 0.717) is 0 Å². The van der Waals surface area contributed by atoms with Gasteiger partial charge in [0.2, 0.25) is 0 Å². The zero-order chi connectivity index (χ0) is 7.84. The van der Waals surface area contributed by atoms with Crippen LogP contribution in [0.1, 0.15) is 11.4 Å². The van der Waals surface area contributed by atoms with Gasteiger partial charge in [0.15, 0.2) is 5.65 Å². The summed E-state index contributed by atoms with van der Waals surface area (Å²) in [5, 5.41) is 4.15. The zero-order valence-corrected chi connectivity index (χ0v) is 6.50. The maximum atomic E-state index is 4.27. The van der Waals surface area contributed by atoms with Crippen LogP contribution in [0, 0.1) is 20.0 Å². The van der Waals surface area contributed by atoms with Crippen LogP contribution in [0.15, 0.2) is 12.1 Å². The second-order valence-electron chi connectivity index (χ2n) is 2.58. The number of aromatic nitrogens is 3. The van der Waals surface area contributed by atoms with Crippen molar-refractivity contribution >= 4 is 5.65 Å². The van der Waals surface area contributed by atoms with Gasteiger partial charge >= 0.3 is 0 Å². The van der Waals surface area contributed by atoms with E-state index in [1.54, 1.807) is 4.52 Å². The van der Waals surface area contributed by atoms with Crippen molar-refractivity contribution in [3.05, 3.63) is 29.7 Å². The molecule has 0 aliphatic rings. The molecule has 0 atom stereocenters. The molecule has 0 unspecified atom stereocenters. The van der Waals surface area contributed by atoms with Gasteiger partial charge in [0, 0.05) is 11.8 Å². The van der Waals surface area contributed by atoms with E-state index in [-0.39, 0.29) is 0 Å². The zero-order valence-electron chi connectivity index (χ0n) is 6.50. The van der Waals surface area contributed by atoms with Crippen molar-refractivity contribution in [1.82, 2.24) is 14.6 Å². The van der Waals surface area contributed by atoms with Crippen LogP contribution in [-0.4, -0.2) is 14.6 Å². The lowest BCUT2D eigenvalue weighted by Gasteiger charge is -1.90. The first-order chi connectivity index (χ1) is 5.25. The molecule has 2 aromatic heterocycles. The van der Waals surface area contributed by atoms with Crippen molar-refractivity contribution < 1.29 is 0 Å². The molecular weight excluding hydrogens is 138 g/mol. The lowest BCUT2D eigenvalue weighted by molar-refractivity contribution is 0.902. The van der Waals surface area contributed by atoms with Crippen molar-refractivity contribution in [3.63, 3.8) is 0 Å². The van der Waals surface area contributed by atoms with Crippen LogP contribution < -0.4 is 0 Å². The Balaban J connectivity index is 2.82. The Labute approximate surface area is 64.7 Å². The molecule has 3 nitrogen and oxygen atoms in total. The molecule has 0 N–H and O–H groups in total. The summed E-state index contributed by atoms with van der Waals surface area (Å²) in [6.45, 7) is 3.89. The predicted molar refractivity (Wildman–Crippen MR) is 41.3 cm³/mol. The first kappa shape index (κ1) is 6.34. The van der Waals surface area contributed by atoms with E-state index in [0.717, 1.165) is 17.0 Å². The van der Waals surface area contributed by atoms with Gasteiger partial charge in [0.25, 0.3) is 0 Å². The van der Waals surface area contributed by atoms with Gasteiger partial charge in [-0.1, -0.05) is 0 Å². The summed E-state index contributed by atoms with van der Waals surface area (Å²) in [6, 6.07) is 3.75. The van der Waals surface area contributed by atoms with Crippen LogP contribution in [0.2, 0.25) is 0 Å². The monoisotopic (exact) mass is 146 g/mol. The number of aryl methyl sites for hydroxylation is 2. The Hall–Kier alpha value is -1.38. The molecule has 2 aromatic rings. The van der Waals surface area contributed by atoms with Gasteiger partial charge in [-0.3, -0.25) is 0 Å². The quantitative estimate of drug-likeness (QED) is 0.558. The molecular formula is C8H8N3. The highest BCUT2D eigenvalue weighted by molar-refractivity contribution is 5.38. The van der Waals surface area contributed by atoms with E-state index in [2.05, 4.69) is 16.3 Å². The third kappa shape index (κ3) is 0.981. The third-order valence-corrected chi connectivity index (χ3v) is 1.50. The smallest absolute Gasteiger partial charge is 0.156 e. The highest BCUT2D eigenvalue weighted by Crippen LogP contribution is 2.02. The minimum absolute atomic E-state index is 0.863. The lowest BCUT2D eigenvalue weighted by Crippen LogP contribution is -1.90. The molecule has 0 spiro atoms. The van der Waals surface area contributed by atoms with Crippen LogP contribution in [0.4, 0.5) is 0 Å². The summed E-state index contributed by atoms with van der Waals surface area (Å²) in [5.74, 6) is 0. The minimum Gasteiger partial charge on any atom is -0.234 e. The van der Waals surface area contributed by atoms with Gasteiger partial charge in [-0.05, 0) is 19.9 Å². The Morgan fingerprint density at radius 2 is 2.18 bits per heavy atom. The molecule has 0 aliphatic carbocycles. The molecule has 0 aliphatic heterocycles. The van der Waals surface area contributed by atoms with Crippen LogP contribution in [0.5, 0.6) is 0 Å². The van der Waals surface area contributed by atoms with Gasteiger partial charge in [-0.25, -0.2) is 9.50 Å². The molecule has 0 saturated carbocycles. The van der Waals surface area contributed by atoms with E-state index < -0.39 is 0 Å². The molecule has 0 amide bonds. The van der Waals surface area contributed by atoms with Crippen molar-refractivity contribution in [2.75, 3.05) is 0 Å². The van der Waals surface area contributed by atoms with Gasteiger partial charge in [-0.2, -0.15) is 5.10 Å². The van der Waals surface area contributed by atoms with Crippen molar-refractivity contribution in [3.8, 4) is 0 Å². The summed E-state index contributed by atoms with van der Waals surface area (Å²) < 4.78 is 1.66. The third-order valence-electron chi connectivity index (χ3n) is 1.50. The molecule has 1 radical (unpaired) electrons. The Morgan fingerprint density at radius 1 is 1.36 bits per heavy atom. The van der Waals surface area contributed by atoms with E-state index in [9.17, 15) is 0 Å². The van der Waals surface area contributed by atoms with Gasteiger partial charge in [0.1, 0.15) is 0 Å². The first-order valence-corrected chi connectivity index (χ1v) is 3.47. The van der Waals surface area contributed by atoms with Crippen molar-refractivity contribution in [1.29, 1.82) is 0 Å². The van der Waals surface area contributed by atoms with Crippen LogP contribution in [-0.2, 0) is 0 Å². The normalized spacial score (nSPS) is 10.7. The molecule has 11 heavy (non-hydrogen) atoms. The highest BCUT2D eigenvalue weighted by atomic mass is 15.2. The maximum absolute atomic E-state index is 4.27. The summed E-state index contributed by atoms with van der Waals surface area (Å²) in [4.78, 5) is 4.27. The predicted octanol–water partition coefficient (Wildman–Crippen LogP) is 1.15. The van der Waals surface area contributed by atoms with E-state index in [1.165, 1.54) is 0 Å². The second-order valence-corrected chi connectivity index (χ2v) is 2.58. The number of rotatable bonds is 0. The lowest BCUT2D eigenvalue weighted by atomic mass is 10.4. The van der Waals surface area contributed by atoms with E-state index >= 15 is 0 Å². The molecule has 2 rings (SSSR count). The molecule has 0 fully saturated rings. The maximum Gasteiger partial charge on any atom is 0.156 e. The Kier molecular flexibility index (Phi) is 1.18. The fourth-order valence-corrected chi connectivity index (χ4v) is 1.03. The standard InChI is InChI=1S/C8H8N3/c1-6-3-4-11-8(9-6)5-7(2)10-11/h3,5H,1-2H3. The molecule has 0 saturated heterocycles. The average Bonchev–Trinajstić information content (AvgIpc) is 2.27. The van der Waals surface area contributed by atoms with Crippen LogP contribution >= 0.6 is 0 Å². The Bertz CT molecular complexity index is 389. The van der Waals surface area contributed by atoms with Gasteiger partial charge in [-0.15, -0.1) is 0 Å². The summed E-state index contributed by atoms with van der Waals surface area (Å²) in [6.07, 6.45) is 2.98. The average molecular weight is 146 g/mol.